The van der Waals surface area contributed by atoms with Gasteiger partial charge in [0.2, 0.25) is 0 Å². The van der Waals surface area contributed by atoms with E-state index in [1.165, 1.54) is 0 Å². The third-order valence-corrected chi connectivity index (χ3v) is 3.44. The van der Waals surface area contributed by atoms with Gasteiger partial charge in [-0.05, 0) is 38.6 Å². The Labute approximate surface area is 112 Å². The summed E-state index contributed by atoms with van der Waals surface area (Å²) in [5, 5.41) is 11.6. The van der Waals surface area contributed by atoms with Crippen LogP contribution < -0.4 is 0 Å². The van der Waals surface area contributed by atoms with Gasteiger partial charge in [-0.15, -0.1) is 0 Å². The van der Waals surface area contributed by atoms with Crippen molar-refractivity contribution in [2.24, 2.45) is 0 Å². The topological polar surface area (TPSA) is 51.4 Å². The Morgan fingerprint density at radius 1 is 1.50 bits per heavy atom. The van der Waals surface area contributed by atoms with E-state index >= 15 is 0 Å². The molecule has 0 bridgehead atoms. The molecule has 1 N–H and O–H groups in total. The molecule has 0 saturated carbocycles. The quantitative estimate of drug-likeness (QED) is 0.846. The maximum absolute atomic E-state index is 5.27. The Bertz CT molecular complexity index is 565. The van der Waals surface area contributed by atoms with Crippen LogP contribution in [0, 0.1) is 11.7 Å². The van der Waals surface area contributed by atoms with Gasteiger partial charge in [-0.1, -0.05) is 6.92 Å². The van der Waals surface area contributed by atoms with Crippen molar-refractivity contribution in [3.8, 4) is 0 Å². The van der Waals surface area contributed by atoms with E-state index < -0.39 is 0 Å². The lowest BCUT2D eigenvalue weighted by atomic mass is 10.2. The Morgan fingerprint density at radius 2 is 2.28 bits per heavy atom. The number of H-pyrrole nitrogens is 1. The van der Waals surface area contributed by atoms with E-state index in [0.717, 1.165) is 30.9 Å². The van der Waals surface area contributed by atoms with Gasteiger partial charge in [0.1, 0.15) is 5.82 Å². The molecule has 0 aromatic carbocycles. The van der Waals surface area contributed by atoms with Gasteiger partial charge in [-0.25, -0.2) is 0 Å². The fourth-order valence-corrected chi connectivity index (χ4v) is 2.28. The zero-order valence-corrected chi connectivity index (χ0v) is 11.9. The van der Waals surface area contributed by atoms with Crippen molar-refractivity contribution in [3.63, 3.8) is 0 Å². The minimum atomic E-state index is 0.380. The summed E-state index contributed by atoms with van der Waals surface area (Å²) in [5.74, 6) is 1.00. The van der Waals surface area contributed by atoms with Gasteiger partial charge < -0.3 is 4.57 Å². The van der Waals surface area contributed by atoms with Crippen molar-refractivity contribution in [1.82, 2.24) is 24.5 Å². The number of hydrogen-bond acceptors (Lipinski definition) is 3. The molecule has 1 atom stereocenters. The summed E-state index contributed by atoms with van der Waals surface area (Å²) in [6, 6.07) is 2.39. The van der Waals surface area contributed by atoms with Crippen LogP contribution in [0.1, 0.15) is 37.8 Å². The molecule has 0 amide bonds. The highest BCUT2D eigenvalue weighted by molar-refractivity contribution is 7.71. The minimum Gasteiger partial charge on any atom is -0.301 e. The van der Waals surface area contributed by atoms with Crippen LogP contribution in [0.25, 0.3) is 0 Å². The fourth-order valence-electron chi connectivity index (χ4n) is 1.95. The lowest BCUT2D eigenvalue weighted by molar-refractivity contribution is 0.488. The van der Waals surface area contributed by atoms with Gasteiger partial charge in [-0.2, -0.15) is 10.2 Å². The first-order chi connectivity index (χ1) is 8.61. The summed E-state index contributed by atoms with van der Waals surface area (Å²) >= 11 is 5.27. The molecule has 18 heavy (non-hydrogen) atoms. The normalized spacial score (nSPS) is 12.8. The monoisotopic (exact) mass is 265 g/mol. The zero-order valence-electron chi connectivity index (χ0n) is 11.1. The number of nitrogens with zero attached hydrogens (tertiary/aromatic N) is 4. The lowest BCUT2D eigenvalue weighted by Gasteiger charge is -2.13. The Morgan fingerprint density at radius 3 is 2.89 bits per heavy atom. The first-order valence-electron chi connectivity index (χ1n) is 6.27. The van der Waals surface area contributed by atoms with Crippen LogP contribution in [-0.2, 0) is 13.0 Å². The maximum atomic E-state index is 5.27. The van der Waals surface area contributed by atoms with Crippen molar-refractivity contribution in [3.05, 3.63) is 28.6 Å². The van der Waals surface area contributed by atoms with Crippen LogP contribution in [0.15, 0.2) is 12.3 Å². The van der Waals surface area contributed by atoms with Crippen LogP contribution in [0.3, 0.4) is 0 Å². The van der Waals surface area contributed by atoms with Gasteiger partial charge in [0.05, 0.1) is 5.69 Å². The summed E-state index contributed by atoms with van der Waals surface area (Å²) in [6.07, 6.45) is 3.87. The fraction of sp³-hybridized carbons (Fsp3) is 0.583. The molecule has 0 aliphatic heterocycles. The van der Waals surface area contributed by atoms with Gasteiger partial charge in [0.25, 0.3) is 0 Å². The second-order valence-electron chi connectivity index (χ2n) is 4.54. The molecular weight excluding hydrogens is 246 g/mol. The van der Waals surface area contributed by atoms with Gasteiger partial charge in [-0.3, -0.25) is 9.78 Å². The van der Waals surface area contributed by atoms with E-state index in [0.29, 0.717) is 10.8 Å². The average Bonchev–Trinajstić information content (AvgIpc) is 2.92. The van der Waals surface area contributed by atoms with E-state index in [2.05, 4.69) is 33.7 Å². The average molecular weight is 265 g/mol. The minimum absolute atomic E-state index is 0.380. The number of aromatic nitrogens is 5. The second-order valence-corrected chi connectivity index (χ2v) is 4.93. The Kier molecular flexibility index (Phi) is 3.96. The second kappa shape index (κ2) is 5.48. The van der Waals surface area contributed by atoms with Crippen LogP contribution in [0.2, 0.25) is 0 Å². The van der Waals surface area contributed by atoms with Crippen LogP contribution in [-0.4, -0.2) is 24.5 Å². The van der Waals surface area contributed by atoms with Crippen molar-refractivity contribution in [2.75, 3.05) is 0 Å². The third kappa shape index (κ3) is 2.69. The molecule has 98 valence electrons. The van der Waals surface area contributed by atoms with E-state index in [9.17, 15) is 0 Å². The van der Waals surface area contributed by atoms with E-state index in [-0.39, 0.29) is 0 Å². The predicted octanol–water partition coefficient (Wildman–Crippen LogP) is 2.66. The molecule has 0 aliphatic carbocycles. The van der Waals surface area contributed by atoms with Gasteiger partial charge in [0, 0.05) is 25.2 Å². The van der Waals surface area contributed by atoms with E-state index in [1.54, 1.807) is 0 Å². The van der Waals surface area contributed by atoms with Crippen LogP contribution in [0.5, 0.6) is 0 Å². The summed E-state index contributed by atoms with van der Waals surface area (Å²) in [7, 11) is 0. The molecule has 2 aromatic rings. The summed E-state index contributed by atoms with van der Waals surface area (Å²) in [4.78, 5) is 0. The molecule has 6 heteroatoms. The van der Waals surface area contributed by atoms with Crippen molar-refractivity contribution in [1.29, 1.82) is 0 Å². The lowest BCUT2D eigenvalue weighted by Crippen LogP contribution is -2.12. The highest BCUT2D eigenvalue weighted by Gasteiger charge is 2.11. The molecule has 0 fully saturated rings. The predicted molar refractivity (Wildman–Crippen MR) is 73.1 cm³/mol. The molecule has 0 aliphatic rings. The van der Waals surface area contributed by atoms with E-state index in [4.69, 9.17) is 12.2 Å². The van der Waals surface area contributed by atoms with Crippen LogP contribution >= 0.6 is 12.2 Å². The molecule has 0 saturated heterocycles. The summed E-state index contributed by atoms with van der Waals surface area (Å²) in [6.45, 7) is 7.13. The molecule has 0 spiro atoms. The first kappa shape index (κ1) is 13.0. The number of hydrogen-bond donors (Lipinski definition) is 1. The number of rotatable bonds is 5. The SMILES string of the molecule is CCC(C)n1c(CCn2ccc(C)n2)n[nH]c1=S. The Hall–Kier alpha value is -1.43. The molecule has 5 nitrogen and oxygen atoms in total. The van der Waals surface area contributed by atoms with Crippen LogP contribution in [0.4, 0.5) is 0 Å². The smallest absolute Gasteiger partial charge is 0.195 e. The maximum Gasteiger partial charge on any atom is 0.195 e. The largest absolute Gasteiger partial charge is 0.301 e. The molecule has 2 rings (SSSR count). The zero-order chi connectivity index (χ0) is 13.1. The number of aromatic amines is 1. The standard InChI is InChI=1S/C12H19N5S/c1-4-10(3)17-11(13-14-12(17)18)6-8-16-7-5-9(2)15-16/h5,7,10H,4,6,8H2,1-3H3,(H,14,18). The molecule has 2 heterocycles. The van der Waals surface area contributed by atoms with Crippen molar-refractivity contribution < 1.29 is 0 Å². The van der Waals surface area contributed by atoms with E-state index in [1.807, 2.05) is 23.9 Å². The summed E-state index contributed by atoms with van der Waals surface area (Å²) < 4.78 is 4.75. The molecule has 1 unspecified atom stereocenters. The molecule has 0 radical (unpaired) electrons. The van der Waals surface area contributed by atoms with Gasteiger partial charge >= 0.3 is 0 Å². The van der Waals surface area contributed by atoms with Gasteiger partial charge in [0.15, 0.2) is 4.77 Å². The summed E-state index contributed by atoms with van der Waals surface area (Å²) in [5.41, 5.74) is 1.04. The number of aryl methyl sites for hydroxylation is 3. The molecule has 2 aromatic heterocycles. The van der Waals surface area contributed by atoms with Crippen molar-refractivity contribution >= 4 is 12.2 Å². The highest BCUT2D eigenvalue weighted by Crippen LogP contribution is 2.13. The number of nitrogens with one attached hydrogen (secondary N) is 1. The molecular formula is C12H19N5S. The third-order valence-electron chi connectivity index (χ3n) is 3.15. The first-order valence-corrected chi connectivity index (χ1v) is 6.68. The van der Waals surface area contributed by atoms with Crippen molar-refractivity contribution in [2.45, 2.75) is 46.2 Å². The highest BCUT2D eigenvalue weighted by atomic mass is 32.1. The Balaban J connectivity index is 2.12.